The van der Waals surface area contributed by atoms with Crippen molar-refractivity contribution in [3.63, 3.8) is 0 Å². The van der Waals surface area contributed by atoms with E-state index in [-0.39, 0.29) is 11.6 Å². The minimum absolute atomic E-state index is 0.182. The van der Waals surface area contributed by atoms with Crippen molar-refractivity contribution >= 4 is 23.1 Å². The second-order valence-electron chi connectivity index (χ2n) is 7.64. The second-order valence-corrected chi connectivity index (χ2v) is 7.91. The zero-order chi connectivity index (χ0) is 15.3. The largest absolute Gasteiger partial charge is 0.506 e. The number of hydrogen-bond acceptors (Lipinski definition) is 2. The van der Waals surface area contributed by atoms with Crippen molar-refractivity contribution in [3.05, 3.63) is 23.8 Å². The molecule has 22 heavy (non-hydrogen) atoms. The number of hydrogen-bond donors (Lipinski definition) is 2. The van der Waals surface area contributed by atoms with Gasteiger partial charge in [0, 0.05) is 0 Å². The van der Waals surface area contributed by atoms with Gasteiger partial charge < -0.3 is 10.8 Å². The number of aromatic hydroxyl groups is 1. The van der Waals surface area contributed by atoms with E-state index in [1.165, 1.54) is 44.1 Å². The molecule has 3 nitrogen and oxygen atoms in total. The highest BCUT2D eigenvalue weighted by Gasteiger charge is 2.51. The molecular weight excluding hydrogens is 296 g/mol. The number of rotatable bonds is 3. The number of halogens is 1. The number of aliphatic imine (C=N–C) groups is 1. The fourth-order valence-electron chi connectivity index (χ4n) is 5.59. The maximum atomic E-state index is 10.1. The average Bonchev–Trinajstić information content (AvgIpc) is 2.47. The zero-order valence-corrected chi connectivity index (χ0v) is 13.5. The van der Waals surface area contributed by atoms with Gasteiger partial charge in [-0.15, -0.1) is 11.6 Å². The molecule has 0 saturated heterocycles. The van der Waals surface area contributed by atoms with Crippen LogP contribution in [0.4, 0.5) is 5.69 Å². The number of benzene rings is 1. The van der Waals surface area contributed by atoms with Gasteiger partial charge in [0.05, 0.1) is 5.88 Å². The number of alkyl halides is 1. The van der Waals surface area contributed by atoms with E-state index in [0.717, 1.165) is 17.8 Å². The standard InChI is InChI=1S/C18H23ClN2O/c19-10-17(20)21-15-6-14(1-2-16(15)22)18-7-11-3-12(8-18)5-13(4-11)9-18/h1-2,6,11-13,22H,3-5,7-10H2,(H2,20,21). The van der Waals surface area contributed by atoms with Crippen LogP contribution in [0.5, 0.6) is 5.75 Å². The van der Waals surface area contributed by atoms with Crippen molar-refractivity contribution in [3.8, 4) is 5.75 Å². The first-order chi connectivity index (χ1) is 10.6. The number of amidine groups is 1. The molecule has 0 spiro atoms. The molecule has 0 unspecified atom stereocenters. The first-order valence-corrected chi connectivity index (χ1v) is 8.84. The van der Waals surface area contributed by atoms with Crippen LogP contribution in [0.15, 0.2) is 23.2 Å². The Kier molecular flexibility index (Phi) is 3.37. The molecule has 1 aromatic rings. The molecule has 4 bridgehead atoms. The van der Waals surface area contributed by atoms with E-state index in [1.54, 1.807) is 6.07 Å². The topological polar surface area (TPSA) is 58.6 Å². The third kappa shape index (κ3) is 2.30. The molecule has 1 aromatic carbocycles. The fraction of sp³-hybridized carbons (Fsp3) is 0.611. The molecule has 4 aliphatic carbocycles. The molecule has 3 N–H and O–H groups in total. The van der Waals surface area contributed by atoms with Gasteiger partial charge in [-0.2, -0.15) is 0 Å². The minimum atomic E-state index is 0.182. The van der Waals surface area contributed by atoms with Crippen LogP contribution >= 0.6 is 11.6 Å². The van der Waals surface area contributed by atoms with Gasteiger partial charge in [-0.3, -0.25) is 0 Å². The first-order valence-electron chi connectivity index (χ1n) is 8.30. The number of nitrogens with zero attached hydrogens (tertiary/aromatic N) is 1. The normalized spacial score (nSPS) is 36.8. The lowest BCUT2D eigenvalue weighted by Gasteiger charge is -2.57. The quantitative estimate of drug-likeness (QED) is 0.501. The van der Waals surface area contributed by atoms with E-state index in [2.05, 4.69) is 11.1 Å². The molecule has 4 fully saturated rings. The van der Waals surface area contributed by atoms with Gasteiger partial charge in [0.25, 0.3) is 0 Å². The molecule has 4 saturated carbocycles. The molecular formula is C18H23ClN2O. The number of phenols is 1. The summed E-state index contributed by atoms with van der Waals surface area (Å²) in [5.41, 5.74) is 7.95. The van der Waals surface area contributed by atoms with Crippen LogP contribution in [-0.4, -0.2) is 16.8 Å². The summed E-state index contributed by atoms with van der Waals surface area (Å²) in [7, 11) is 0. The molecule has 0 radical (unpaired) electrons. The summed E-state index contributed by atoms with van der Waals surface area (Å²) < 4.78 is 0. The maximum Gasteiger partial charge on any atom is 0.141 e. The highest BCUT2D eigenvalue weighted by Crippen LogP contribution is 2.61. The fourth-order valence-corrected chi connectivity index (χ4v) is 5.65. The predicted octanol–water partition coefficient (Wildman–Crippen LogP) is 4.09. The highest BCUT2D eigenvalue weighted by atomic mass is 35.5. The van der Waals surface area contributed by atoms with Crippen LogP contribution in [0.2, 0.25) is 0 Å². The summed E-state index contributed by atoms with van der Waals surface area (Å²) in [5.74, 6) is 3.42. The summed E-state index contributed by atoms with van der Waals surface area (Å²) in [6.07, 6.45) is 8.21. The van der Waals surface area contributed by atoms with Crippen LogP contribution in [0, 0.1) is 17.8 Å². The van der Waals surface area contributed by atoms with Crippen LogP contribution < -0.4 is 5.73 Å². The van der Waals surface area contributed by atoms with Crippen LogP contribution in [0.3, 0.4) is 0 Å². The Hall–Kier alpha value is -1.22. The highest BCUT2D eigenvalue weighted by molar-refractivity contribution is 6.28. The Morgan fingerprint density at radius 1 is 1.18 bits per heavy atom. The second kappa shape index (κ2) is 5.16. The van der Waals surface area contributed by atoms with Crippen molar-refractivity contribution in [1.29, 1.82) is 0 Å². The van der Waals surface area contributed by atoms with Crippen molar-refractivity contribution < 1.29 is 5.11 Å². The van der Waals surface area contributed by atoms with E-state index in [1.807, 2.05) is 6.07 Å². The number of nitrogens with two attached hydrogens (primary N) is 1. The Morgan fingerprint density at radius 3 is 2.32 bits per heavy atom. The lowest BCUT2D eigenvalue weighted by Crippen LogP contribution is -2.48. The summed E-state index contributed by atoms with van der Waals surface area (Å²) in [6.45, 7) is 0. The molecule has 4 heteroatoms. The Bertz CT molecular complexity index is 590. The zero-order valence-electron chi connectivity index (χ0n) is 12.8. The molecule has 0 aliphatic heterocycles. The molecule has 0 amide bonds. The summed E-state index contributed by atoms with van der Waals surface area (Å²) in [6, 6.07) is 5.91. The third-order valence-corrected chi connectivity index (χ3v) is 6.30. The summed E-state index contributed by atoms with van der Waals surface area (Å²) in [5, 5.41) is 10.1. The molecule has 0 aromatic heterocycles. The lowest BCUT2D eigenvalue weighted by atomic mass is 9.48. The molecule has 0 atom stereocenters. The van der Waals surface area contributed by atoms with E-state index in [9.17, 15) is 5.11 Å². The molecule has 4 aliphatic rings. The van der Waals surface area contributed by atoms with E-state index in [0.29, 0.717) is 16.9 Å². The first kappa shape index (κ1) is 14.4. The monoisotopic (exact) mass is 318 g/mol. The third-order valence-electron chi connectivity index (χ3n) is 6.03. The predicted molar refractivity (Wildman–Crippen MR) is 90.0 cm³/mol. The summed E-state index contributed by atoms with van der Waals surface area (Å²) in [4.78, 5) is 4.28. The molecule has 5 rings (SSSR count). The SMILES string of the molecule is NC(CCl)=Nc1cc(C23CC4CC(CC(C4)C2)C3)ccc1O. The number of phenolic OH excluding ortho intramolecular Hbond substituents is 1. The Balaban J connectivity index is 1.72. The van der Waals surface area contributed by atoms with Gasteiger partial charge in [-0.25, -0.2) is 4.99 Å². The van der Waals surface area contributed by atoms with Crippen molar-refractivity contribution in [2.24, 2.45) is 28.5 Å². The smallest absolute Gasteiger partial charge is 0.141 e. The van der Waals surface area contributed by atoms with Gasteiger partial charge in [-0.1, -0.05) is 6.07 Å². The Morgan fingerprint density at radius 2 is 1.77 bits per heavy atom. The van der Waals surface area contributed by atoms with Gasteiger partial charge in [0.2, 0.25) is 0 Å². The van der Waals surface area contributed by atoms with Crippen molar-refractivity contribution in [2.45, 2.75) is 43.9 Å². The molecule has 118 valence electrons. The van der Waals surface area contributed by atoms with E-state index < -0.39 is 0 Å². The van der Waals surface area contributed by atoms with E-state index >= 15 is 0 Å². The summed E-state index contributed by atoms with van der Waals surface area (Å²) >= 11 is 5.71. The van der Waals surface area contributed by atoms with Crippen LogP contribution in [-0.2, 0) is 5.41 Å². The van der Waals surface area contributed by atoms with Gasteiger partial charge in [0.1, 0.15) is 17.3 Å². The maximum absolute atomic E-state index is 10.1. The lowest BCUT2D eigenvalue weighted by molar-refractivity contribution is -0.00518. The van der Waals surface area contributed by atoms with Gasteiger partial charge >= 0.3 is 0 Å². The van der Waals surface area contributed by atoms with Crippen molar-refractivity contribution in [2.75, 3.05) is 5.88 Å². The van der Waals surface area contributed by atoms with Gasteiger partial charge in [0.15, 0.2) is 0 Å². The van der Waals surface area contributed by atoms with E-state index in [4.69, 9.17) is 17.3 Å². The average molecular weight is 319 g/mol. The molecule has 0 heterocycles. The van der Waals surface area contributed by atoms with Crippen LogP contribution in [0.25, 0.3) is 0 Å². The minimum Gasteiger partial charge on any atom is -0.506 e. The van der Waals surface area contributed by atoms with Crippen LogP contribution in [0.1, 0.15) is 44.1 Å². The Labute approximate surface area is 136 Å². The van der Waals surface area contributed by atoms with Crippen molar-refractivity contribution in [1.82, 2.24) is 0 Å². The van der Waals surface area contributed by atoms with Gasteiger partial charge in [-0.05, 0) is 79.4 Å².